The minimum absolute atomic E-state index is 1.08. The third-order valence-corrected chi connectivity index (χ3v) is 2.82. The van der Waals surface area contributed by atoms with Crippen molar-refractivity contribution in [2.75, 3.05) is 0 Å². The maximum atomic E-state index is 6.01. The molecule has 0 amide bonds. The van der Waals surface area contributed by atoms with Crippen molar-refractivity contribution in [2.45, 2.75) is 19.1 Å². The lowest BCUT2D eigenvalue weighted by molar-refractivity contribution is 1.28. The summed E-state index contributed by atoms with van der Waals surface area (Å²) in [6.45, 7) is 4.36. The van der Waals surface area contributed by atoms with Crippen molar-refractivity contribution in [1.29, 1.82) is 0 Å². The fourth-order valence-electron chi connectivity index (χ4n) is 1.12. The Morgan fingerprint density at radius 2 is 1.73 bits per heavy atom. The maximum absolute atomic E-state index is 6.01. The molecule has 0 fully saturated rings. The van der Waals surface area contributed by atoms with E-state index in [0.717, 1.165) is 6.04 Å². The second-order valence-corrected chi connectivity index (χ2v) is 7.98. The average molecular weight is 165 g/mol. The van der Waals surface area contributed by atoms with E-state index < -0.39 is 8.24 Å². The van der Waals surface area contributed by atoms with E-state index in [1.807, 2.05) is 6.07 Å². The molecule has 0 saturated heterocycles. The molecule has 0 spiro atoms. The largest absolute Gasteiger partial charge is 0.351 e. The van der Waals surface area contributed by atoms with E-state index in [1.54, 1.807) is 0 Å². The van der Waals surface area contributed by atoms with E-state index in [9.17, 15) is 0 Å². The second-order valence-electron chi connectivity index (χ2n) is 3.65. The fourth-order valence-corrected chi connectivity index (χ4v) is 2.41. The minimum atomic E-state index is -1.40. The Hall–Kier alpha value is -0.603. The zero-order valence-electron chi connectivity index (χ0n) is 7.17. The summed E-state index contributed by atoms with van der Waals surface area (Å²) in [7, 11) is -1.40. The number of nitrogens with two attached hydrogens (primary N) is 1. The van der Waals surface area contributed by atoms with Gasteiger partial charge in [0.2, 0.25) is 0 Å². The summed E-state index contributed by atoms with van der Waals surface area (Å²) < 4.78 is 0. The smallest absolute Gasteiger partial charge is 0.121 e. The van der Waals surface area contributed by atoms with Gasteiger partial charge in [-0.2, -0.15) is 0 Å². The highest BCUT2D eigenvalue weighted by Crippen LogP contribution is 2.05. The first-order valence-electron chi connectivity index (χ1n) is 3.91. The number of hydrogen-bond donors (Lipinski definition) is 1. The molecule has 0 aliphatic heterocycles. The van der Waals surface area contributed by atoms with Gasteiger partial charge in [0.15, 0.2) is 0 Å². The summed E-state index contributed by atoms with van der Waals surface area (Å²) in [5.74, 6) is 0. The van der Waals surface area contributed by atoms with Gasteiger partial charge < -0.3 is 5.40 Å². The summed E-state index contributed by atoms with van der Waals surface area (Å²) in [5, 5.41) is 6.01. The van der Waals surface area contributed by atoms with Gasteiger partial charge in [0.25, 0.3) is 0 Å². The maximum Gasteiger partial charge on any atom is 0.121 e. The summed E-state index contributed by atoms with van der Waals surface area (Å²) in [5.41, 5.74) is 1.37. The van der Waals surface area contributed by atoms with Crippen LogP contribution < -0.4 is 5.40 Å². The molecule has 60 valence electrons. The van der Waals surface area contributed by atoms with Crippen LogP contribution in [0.15, 0.2) is 30.3 Å². The number of hydrogen-bond acceptors (Lipinski definition) is 1. The minimum Gasteiger partial charge on any atom is -0.351 e. The first kappa shape index (κ1) is 8.49. The molecule has 2 N–H and O–H groups in total. The molecule has 1 nitrogen and oxygen atoms in total. The van der Waals surface area contributed by atoms with Crippen LogP contribution in [0.2, 0.25) is 13.1 Å². The van der Waals surface area contributed by atoms with Crippen LogP contribution in [-0.2, 0) is 6.04 Å². The van der Waals surface area contributed by atoms with Crippen molar-refractivity contribution in [3.8, 4) is 0 Å². The van der Waals surface area contributed by atoms with E-state index in [1.165, 1.54) is 5.56 Å². The van der Waals surface area contributed by atoms with Crippen LogP contribution in [0.5, 0.6) is 0 Å². The van der Waals surface area contributed by atoms with Crippen molar-refractivity contribution >= 4 is 8.24 Å². The standard InChI is InChI=1S/C9H15NSi/c1-11(2,10)8-9-6-4-3-5-7-9/h3-7H,8,10H2,1-2H3. The quantitative estimate of drug-likeness (QED) is 0.666. The molecule has 0 heterocycles. The SMILES string of the molecule is C[Si](C)(N)Cc1ccccc1. The Balaban J connectivity index is 2.66. The molecule has 1 aromatic rings. The van der Waals surface area contributed by atoms with E-state index >= 15 is 0 Å². The molecular weight excluding hydrogens is 150 g/mol. The first-order valence-corrected chi connectivity index (χ1v) is 7.19. The molecule has 0 radical (unpaired) electrons. The van der Waals surface area contributed by atoms with Crippen LogP contribution in [0.4, 0.5) is 0 Å². The van der Waals surface area contributed by atoms with E-state index in [0.29, 0.717) is 0 Å². The molecule has 0 aromatic heterocycles. The van der Waals surface area contributed by atoms with Gasteiger partial charge in [-0.05, 0) is 11.6 Å². The fraction of sp³-hybridized carbons (Fsp3) is 0.333. The highest BCUT2D eigenvalue weighted by atomic mass is 28.3. The molecular formula is C9H15NSi. The highest BCUT2D eigenvalue weighted by molar-refractivity contribution is 6.73. The molecule has 0 aliphatic carbocycles. The van der Waals surface area contributed by atoms with Crippen molar-refractivity contribution in [1.82, 2.24) is 0 Å². The van der Waals surface area contributed by atoms with Crippen LogP contribution in [0.25, 0.3) is 0 Å². The third-order valence-electron chi connectivity index (χ3n) is 1.50. The Bertz CT molecular complexity index is 213. The van der Waals surface area contributed by atoms with Crippen LogP contribution in [0, 0.1) is 0 Å². The molecule has 1 rings (SSSR count). The lowest BCUT2D eigenvalue weighted by Crippen LogP contribution is -2.41. The topological polar surface area (TPSA) is 26.0 Å². The monoisotopic (exact) mass is 165 g/mol. The van der Waals surface area contributed by atoms with Gasteiger partial charge in [0.05, 0.1) is 0 Å². The van der Waals surface area contributed by atoms with Gasteiger partial charge >= 0.3 is 0 Å². The molecule has 0 bridgehead atoms. The van der Waals surface area contributed by atoms with Crippen LogP contribution in [-0.4, -0.2) is 8.24 Å². The third kappa shape index (κ3) is 3.35. The molecule has 1 aromatic carbocycles. The van der Waals surface area contributed by atoms with Crippen LogP contribution >= 0.6 is 0 Å². The molecule has 0 saturated carbocycles. The van der Waals surface area contributed by atoms with Gasteiger partial charge in [0, 0.05) is 0 Å². The summed E-state index contributed by atoms with van der Waals surface area (Å²) in [6.07, 6.45) is 0. The van der Waals surface area contributed by atoms with Crippen molar-refractivity contribution in [3.05, 3.63) is 35.9 Å². The van der Waals surface area contributed by atoms with Crippen molar-refractivity contribution in [2.24, 2.45) is 5.40 Å². The lowest BCUT2D eigenvalue weighted by Gasteiger charge is -2.14. The summed E-state index contributed by atoms with van der Waals surface area (Å²) in [6, 6.07) is 11.5. The van der Waals surface area contributed by atoms with Gasteiger partial charge in [-0.1, -0.05) is 43.4 Å². The lowest BCUT2D eigenvalue weighted by atomic mass is 10.2. The van der Waals surface area contributed by atoms with Crippen LogP contribution in [0.1, 0.15) is 5.56 Å². The molecule has 2 heteroatoms. The van der Waals surface area contributed by atoms with E-state index in [4.69, 9.17) is 5.40 Å². The molecule has 0 aliphatic rings. The highest BCUT2D eigenvalue weighted by Gasteiger charge is 2.13. The summed E-state index contributed by atoms with van der Waals surface area (Å²) >= 11 is 0. The van der Waals surface area contributed by atoms with Crippen LogP contribution in [0.3, 0.4) is 0 Å². The number of benzene rings is 1. The van der Waals surface area contributed by atoms with Gasteiger partial charge in [-0.15, -0.1) is 0 Å². The Morgan fingerprint density at radius 1 is 1.18 bits per heavy atom. The molecule has 0 unspecified atom stereocenters. The van der Waals surface area contributed by atoms with Gasteiger partial charge in [0.1, 0.15) is 8.24 Å². The van der Waals surface area contributed by atoms with Gasteiger partial charge in [-0.3, -0.25) is 0 Å². The van der Waals surface area contributed by atoms with E-state index in [-0.39, 0.29) is 0 Å². The predicted molar refractivity (Wildman–Crippen MR) is 51.8 cm³/mol. The van der Waals surface area contributed by atoms with E-state index in [2.05, 4.69) is 37.4 Å². The van der Waals surface area contributed by atoms with Gasteiger partial charge in [-0.25, -0.2) is 0 Å². The zero-order chi connectivity index (χ0) is 8.32. The van der Waals surface area contributed by atoms with Crippen molar-refractivity contribution < 1.29 is 0 Å². The Morgan fingerprint density at radius 3 is 2.18 bits per heavy atom. The Labute approximate surface area is 69.3 Å². The molecule has 11 heavy (non-hydrogen) atoms. The first-order chi connectivity index (χ1) is 5.08. The average Bonchev–Trinajstić information content (AvgIpc) is 1.85. The van der Waals surface area contributed by atoms with Crippen molar-refractivity contribution in [3.63, 3.8) is 0 Å². The summed E-state index contributed by atoms with van der Waals surface area (Å²) in [4.78, 5) is 0. The molecule has 0 atom stereocenters. The zero-order valence-corrected chi connectivity index (χ0v) is 8.17. The second kappa shape index (κ2) is 3.20. The Kier molecular flexibility index (Phi) is 2.47. The predicted octanol–water partition coefficient (Wildman–Crippen LogP) is 1.93. The normalized spacial score (nSPS) is 11.5. The number of rotatable bonds is 2.